The third-order valence-electron chi connectivity index (χ3n) is 2.15. The zero-order valence-electron chi connectivity index (χ0n) is 9.19. The number of aliphatic hydroxyl groups is 1. The van der Waals surface area contributed by atoms with Crippen LogP contribution in [0.5, 0.6) is 0 Å². The lowest BCUT2D eigenvalue weighted by Gasteiger charge is -2.07. The molecular weight excluding hydrogens is 308 g/mol. The van der Waals surface area contributed by atoms with Crippen molar-refractivity contribution in [3.63, 3.8) is 0 Å². The third kappa shape index (κ3) is 4.27. The summed E-state index contributed by atoms with van der Waals surface area (Å²) in [6.45, 7) is 0.367. The van der Waals surface area contributed by atoms with Gasteiger partial charge in [0.25, 0.3) is 0 Å². The molecule has 0 saturated carbocycles. The second kappa shape index (κ2) is 6.34. The van der Waals surface area contributed by atoms with Crippen LogP contribution in [0.1, 0.15) is 12.8 Å². The lowest BCUT2D eigenvalue weighted by Crippen LogP contribution is -2.25. The summed E-state index contributed by atoms with van der Waals surface area (Å²) >= 11 is 3.20. The van der Waals surface area contributed by atoms with E-state index < -0.39 is 10.0 Å². The van der Waals surface area contributed by atoms with Crippen molar-refractivity contribution in [3.8, 4) is 0 Å². The molecule has 0 atom stereocenters. The Morgan fingerprint density at radius 3 is 2.65 bits per heavy atom. The second-order valence-electron chi connectivity index (χ2n) is 3.51. The molecule has 0 saturated heterocycles. The Bertz CT molecular complexity index is 476. The van der Waals surface area contributed by atoms with Gasteiger partial charge in [0.05, 0.1) is 4.90 Å². The molecule has 1 rings (SSSR count). The van der Waals surface area contributed by atoms with E-state index in [2.05, 4.69) is 20.7 Å². The summed E-state index contributed by atoms with van der Waals surface area (Å²) < 4.78 is 26.7. The van der Waals surface area contributed by atoms with E-state index in [0.717, 1.165) is 0 Å². The Kier molecular flexibility index (Phi) is 5.38. The largest absolute Gasteiger partial charge is 0.398 e. The van der Waals surface area contributed by atoms with Crippen molar-refractivity contribution in [1.82, 2.24) is 4.72 Å². The minimum absolute atomic E-state index is 0.0625. The first kappa shape index (κ1) is 14.4. The summed E-state index contributed by atoms with van der Waals surface area (Å²) in [5.74, 6) is 0. The van der Waals surface area contributed by atoms with Crippen LogP contribution in [0.4, 0.5) is 5.69 Å². The molecule has 1 aromatic carbocycles. The zero-order valence-corrected chi connectivity index (χ0v) is 11.6. The molecule has 17 heavy (non-hydrogen) atoms. The summed E-state index contributed by atoms with van der Waals surface area (Å²) in [5, 5.41) is 8.58. The highest BCUT2D eigenvalue weighted by atomic mass is 79.9. The topological polar surface area (TPSA) is 92.4 Å². The maximum Gasteiger partial charge on any atom is 0.240 e. The monoisotopic (exact) mass is 322 g/mol. The molecule has 0 aliphatic carbocycles. The van der Waals surface area contributed by atoms with Gasteiger partial charge in [0.1, 0.15) is 0 Å². The zero-order chi connectivity index (χ0) is 12.9. The highest BCUT2D eigenvalue weighted by Gasteiger charge is 2.14. The average Bonchev–Trinajstić information content (AvgIpc) is 2.28. The number of unbranched alkanes of at least 4 members (excludes halogenated alkanes) is 1. The molecule has 1 aromatic rings. The van der Waals surface area contributed by atoms with Gasteiger partial charge in [-0.05, 0) is 47.0 Å². The number of hydrogen-bond donors (Lipinski definition) is 3. The van der Waals surface area contributed by atoms with E-state index in [9.17, 15) is 8.42 Å². The van der Waals surface area contributed by atoms with Crippen molar-refractivity contribution in [2.75, 3.05) is 18.9 Å². The molecule has 0 fully saturated rings. The van der Waals surface area contributed by atoms with Crippen LogP contribution in [0, 0.1) is 0 Å². The number of hydrogen-bond acceptors (Lipinski definition) is 4. The number of sulfonamides is 1. The van der Waals surface area contributed by atoms with Crippen LogP contribution in [0.2, 0.25) is 0 Å². The van der Waals surface area contributed by atoms with Gasteiger partial charge in [-0.1, -0.05) is 0 Å². The van der Waals surface area contributed by atoms with E-state index in [1.165, 1.54) is 12.1 Å². The fourth-order valence-corrected chi connectivity index (χ4v) is 2.57. The Balaban J connectivity index is 2.72. The minimum Gasteiger partial charge on any atom is -0.398 e. The number of nitrogen functional groups attached to an aromatic ring is 1. The number of benzene rings is 1. The second-order valence-corrected chi connectivity index (χ2v) is 6.13. The van der Waals surface area contributed by atoms with Crippen LogP contribution >= 0.6 is 15.9 Å². The van der Waals surface area contributed by atoms with E-state index >= 15 is 0 Å². The fourth-order valence-electron chi connectivity index (χ4n) is 1.22. The summed E-state index contributed by atoms with van der Waals surface area (Å²) in [7, 11) is -3.51. The molecule has 0 heterocycles. The van der Waals surface area contributed by atoms with Gasteiger partial charge in [-0.15, -0.1) is 0 Å². The number of halogens is 1. The fraction of sp³-hybridized carbons (Fsp3) is 0.400. The van der Waals surface area contributed by atoms with E-state index in [1.54, 1.807) is 6.07 Å². The maximum atomic E-state index is 11.8. The molecule has 4 N–H and O–H groups in total. The molecule has 0 amide bonds. The minimum atomic E-state index is -3.51. The van der Waals surface area contributed by atoms with Crippen molar-refractivity contribution >= 4 is 31.6 Å². The molecule has 0 radical (unpaired) electrons. The Labute approximate surface area is 109 Å². The van der Waals surface area contributed by atoms with Crippen LogP contribution in [0.15, 0.2) is 27.6 Å². The number of nitrogens with one attached hydrogen (secondary N) is 1. The van der Waals surface area contributed by atoms with Gasteiger partial charge in [-0.3, -0.25) is 0 Å². The molecule has 7 heteroatoms. The van der Waals surface area contributed by atoms with E-state index in [4.69, 9.17) is 10.8 Å². The third-order valence-corrected chi connectivity index (χ3v) is 4.34. The standard InChI is InChI=1S/C10H15BrN2O3S/c11-9-4-3-8(7-10(9)12)17(15,16)13-5-1-2-6-14/h3-4,7,13-14H,1-2,5-6,12H2. The Morgan fingerprint density at radius 1 is 1.35 bits per heavy atom. The van der Waals surface area contributed by atoms with E-state index in [0.29, 0.717) is 29.5 Å². The maximum absolute atomic E-state index is 11.8. The van der Waals surface area contributed by atoms with Crippen LogP contribution in [0.25, 0.3) is 0 Å². The van der Waals surface area contributed by atoms with Crippen LogP contribution in [-0.4, -0.2) is 26.7 Å². The summed E-state index contributed by atoms with van der Waals surface area (Å²) in [5.41, 5.74) is 6.00. The number of anilines is 1. The van der Waals surface area contributed by atoms with Crippen molar-refractivity contribution in [3.05, 3.63) is 22.7 Å². The smallest absolute Gasteiger partial charge is 0.240 e. The van der Waals surface area contributed by atoms with Crippen molar-refractivity contribution in [2.24, 2.45) is 0 Å². The quantitative estimate of drug-likeness (QED) is 0.540. The summed E-state index contributed by atoms with van der Waals surface area (Å²) in [4.78, 5) is 0.141. The van der Waals surface area contributed by atoms with Gasteiger partial charge in [-0.25, -0.2) is 13.1 Å². The van der Waals surface area contributed by atoms with Crippen LogP contribution < -0.4 is 10.5 Å². The van der Waals surface area contributed by atoms with E-state index in [1.807, 2.05) is 0 Å². The molecule has 0 bridgehead atoms. The van der Waals surface area contributed by atoms with Crippen LogP contribution in [-0.2, 0) is 10.0 Å². The first-order chi connectivity index (χ1) is 7.97. The first-order valence-corrected chi connectivity index (χ1v) is 7.40. The highest BCUT2D eigenvalue weighted by Crippen LogP contribution is 2.22. The van der Waals surface area contributed by atoms with Crippen molar-refractivity contribution < 1.29 is 13.5 Å². The lowest BCUT2D eigenvalue weighted by atomic mass is 10.3. The molecule has 5 nitrogen and oxygen atoms in total. The van der Waals surface area contributed by atoms with Gasteiger partial charge in [0, 0.05) is 23.3 Å². The molecular formula is C10H15BrN2O3S. The molecule has 0 spiro atoms. The van der Waals surface area contributed by atoms with Crippen molar-refractivity contribution in [2.45, 2.75) is 17.7 Å². The highest BCUT2D eigenvalue weighted by molar-refractivity contribution is 9.10. The predicted octanol–water partition coefficient (Wildman–Crippen LogP) is 1.08. The Hall–Kier alpha value is -0.630. The van der Waals surface area contributed by atoms with Crippen LogP contribution in [0.3, 0.4) is 0 Å². The van der Waals surface area contributed by atoms with Gasteiger partial charge in [-0.2, -0.15) is 0 Å². The number of nitrogens with two attached hydrogens (primary N) is 1. The lowest BCUT2D eigenvalue weighted by molar-refractivity contribution is 0.285. The summed E-state index contributed by atoms with van der Waals surface area (Å²) in [6.07, 6.45) is 1.17. The predicted molar refractivity (Wildman–Crippen MR) is 70.1 cm³/mol. The number of aliphatic hydroxyl groups excluding tert-OH is 1. The van der Waals surface area contributed by atoms with Gasteiger partial charge >= 0.3 is 0 Å². The molecule has 0 aliphatic rings. The average molecular weight is 323 g/mol. The molecule has 0 unspecified atom stereocenters. The van der Waals surface area contributed by atoms with Gasteiger partial charge in [0.2, 0.25) is 10.0 Å². The van der Waals surface area contributed by atoms with Gasteiger partial charge in [0.15, 0.2) is 0 Å². The molecule has 0 aliphatic heterocycles. The first-order valence-electron chi connectivity index (χ1n) is 5.13. The molecule has 0 aromatic heterocycles. The van der Waals surface area contributed by atoms with Crippen molar-refractivity contribution in [1.29, 1.82) is 0 Å². The van der Waals surface area contributed by atoms with E-state index in [-0.39, 0.29) is 11.5 Å². The number of rotatable bonds is 6. The Morgan fingerprint density at radius 2 is 2.06 bits per heavy atom. The molecule has 96 valence electrons. The normalized spacial score (nSPS) is 11.6. The SMILES string of the molecule is Nc1cc(S(=O)(=O)NCCCCO)ccc1Br. The summed E-state index contributed by atoms with van der Waals surface area (Å²) in [6, 6.07) is 4.48. The van der Waals surface area contributed by atoms with Gasteiger partial charge < -0.3 is 10.8 Å².